The molecule has 1 aromatic rings. The summed E-state index contributed by atoms with van der Waals surface area (Å²) in [6, 6.07) is 9.82. The number of rotatable bonds is 27. The molecular weight excluding hydrogens is 855 g/mol. The maximum atomic E-state index is 12.6. The topological polar surface area (TPSA) is 254 Å². The number of hydrogen-bond donors (Lipinski definition) is 3. The molecule has 0 amide bonds. The molecule has 0 aliphatic rings. The molecule has 18 nitrogen and oxygen atoms in total. The van der Waals surface area contributed by atoms with Gasteiger partial charge < -0.3 is 43.1 Å². The lowest BCUT2D eigenvalue weighted by atomic mass is 9.76. The van der Waals surface area contributed by atoms with E-state index in [2.05, 4.69) is 16.0 Å². The molecular formula is C42H67O18PS. The molecule has 0 aliphatic heterocycles. The molecule has 6 atom stereocenters. The first-order valence-electron chi connectivity index (χ1n) is 19.8. The maximum absolute atomic E-state index is 12.6. The average Bonchev–Trinajstić information content (AvgIpc) is 3.22. The number of phosphoric acid groups is 1. The number of methoxy groups -OCH3 is 4. The normalized spacial score (nSPS) is 15.3. The highest BCUT2D eigenvalue weighted by Crippen LogP contribution is 2.40. The fraction of sp³-hybridized carbons (Fsp3) is 0.667. The van der Waals surface area contributed by atoms with Crippen molar-refractivity contribution in [1.29, 1.82) is 0 Å². The van der Waals surface area contributed by atoms with Crippen molar-refractivity contribution in [3.63, 3.8) is 0 Å². The lowest BCUT2D eigenvalue weighted by Crippen LogP contribution is -2.38. The van der Waals surface area contributed by atoms with E-state index < -0.39 is 73.2 Å². The van der Waals surface area contributed by atoms with Gasteiger partial charge >= 0.3 is 43.6 Å². The number of ether oxygens (including phenoxy) is 6. The summed E-state index contributed by atoms with van der Waals surface area (Å²) in [5.74, 6) is -3.22. The Bertz CT molecular complexity index is 1650. The van der Waals surface area contributed by atoms with Gasteiger partial charge in [-0.05, 0) is 71.3 Å². The van der Waals surface area contributed by atoms with Gasteiger partial charge in [0.25, 0.3) is 0 Å². The van der Waals surface area contributed by atoms with Gasteiger partial charge in [0.15, 0.2) is 0 Å². The fourth-order valence-electron chi connectivity index (χ4n) is 6.66. The Morgan fingerprint density at radius 3 is 1.84 bits per heavy atom. The molecule has 0 saturated heterocycles. The third-order valence-electron chi connectivity index (χ3n) is 10.1. The minimum absolute atomic E-state index is 0.0170. The van der Waals surface area contributed by atoms with Crippen LogP contribution in [0.4, 0.5) is 0 Å². The molecule has 3 N–H and O–H groups in total. The first kappa shape index (κ1) is 58.0. The molecule has 0 heterocycles. The second kappa shape index (κ2) is 27.9. The van der Waals surface area contributed by atoms with Gasteiger partial charge in [0, 0.05) is 19.1 Å². The number of phosphoric ester groups is 1. The van der Waals surface area contributed by atoms with Gasteiger partial charge in [-0.2, -0.15) is 11.8 Å². The number of carbonyl (C=O) groups is 6. The molecule has 0 saturated carbocycles. The molecule has 0 fully saturated rings. The molecule has 6 unspecified atom stereocenters. The zero-order valence-electron chi connectivity index (χ0n) is 37.8. The van der Waals surface area contributed by atoms with E-state index in [0.29, 0.717) is 30.8 Å². The van der Waals surface area contributed by atoms with Crippen molar-refractivity contribution >= 4 is 55.4 Å². The third kappa shape index (κ3) is 21.4. The molecule has 0 spiro atoms. The van der Waals surface area contributed by atoms with Crippen molar-refractivity contribution in [2.45, 2.75) is 99.0 Å². The van der Waals surface area contributed by atoms with E-state index in [9.17, 15) is 33.3 Å². The van der Waals surface area contributed by atoms with Crippen LogP contribution in [0.2, 0.25) is 0 Å². The van der Waals surface area contributed by atoms with Gasteiger partial charge in [-0.15, -0.1) is 0 Å². The SMILES string of the molecule is C=C(CSCC(C)(CC(CC(C)C(=O)OC)c1ccccc1)C(=O)OC)OO.CCC(C)(CC(CC(CC(C)(C)C(=O)OCCOP(=O)(O)O)C(=O)OC)OC(C)=O)C(=O)OC. The number of carbonyl (C=O) groups excluding carboxylic acids is 6. The lowest BCUT2D eigenvalue weighted by molar-refractivity contribution is -0.201. The molecule has 0 aromatic heterocycles. The summed E-state index contributed by atoms with van der Waals surface area (Å²) in [4.78, 5) is 95.0. The Morgan fingerprint density at radius 1 is 0.790 bits per heavy atom. The summed E-state index contributed by atoms with van der Waals surface area (Å²) in [6.07, 6.45) is 0.648. The van der Waals surface area contributed by atoms with Gasteiger partial charge in [0.1, 0.15) is 18.5 Å². The summed E-state index contributed by atoms with van der Waals surface area (Å²) < 4.78 is 45.0. The fourth-order valence-corrected chi connectivity index (χ4v) is 8.04. The van der Waals surface area contributed by atoms with Gasteiger partial charge in [-0.3, -0.25) is 33.3 Å². The number of esters is 6. The molecule has 20 heteroatoms. The van der Waals surface area contributed by atoms with Crippen LogP contribution < -0.4 is 0 Å². The minimum atomic E-state index is -4.69. The summed E-state index contributed by atoms with van der Waals surface area (Å²) in [5, 5.41) is 8.64. The van der Waals surface area contributed by atoms with Crippen molar-refractivity contribution in [2.24, 2.45) is 28.1 Å². The Morgan fingerprint density at radius 2 is 1.35 bits per heavy atom. The van der Waals surface area contributed by atoms with Crippen LogP contribution >= 0.6 is 19.6 Å². The van der Waals surface area contributed by atoms with Crippen molar-refractivity contribution in [1.82, 2.24) is 0 Å². The monoisotopic (exact) mass is 922 g/mol. The third-order valence-corrected chi connectivity index (χ3v) is 12.0. The largest absolute Gasteiger partial charge is 0.469 e. The molecule has 1 aromatic carbocycles. The average molecular weight is 923 g/mol. The van der Waals surface area contributed by atoms with E-state index in [1.807, 2.05) is 44.2 Å². The van der Waals surface area contributed by atoms with E-state index in [0.717, 1.165) is 5.56 Å². The smallest absolute Gasteiger partial charge is 0.469 e. The Kier molecular flexibility index (Phi) is 26.1. The zero-order chi connectivity index (χ0) is 47.9. The molecule has 62 heavy (non-hydrogen) atoms. The van der Waals surface area contributed by atoms with Crippen LogP contribution in [0.5, 0.6) is 0 Å². The highest BCUT2D eigenvalue weighted by Gasteiger charge is 2.42. The van der Waals surface area contributed by atoms with Crippen LogP contribution in [0.1, 0.15) is 98.5 Å². The van der Waals surface area contributed by atoms with Crippen LogP contribution in [0.25, 0.3) is 0 Å². The van der Waals surface area contributed by atoms with Crippen molar-refractivity contribution < 1.29 is 86.2 Å². The first-order chi connectivity index (χ1) is 28.8. The lowest BCUT2D eigenvalue weighted by Gasteiger charge is -2.32. The van der Waals surface area contributed by atoms with Gasteiger partial charge in [0.05, 0.1) is 68.9 Å². The Labute approximate surface area is 369 Å². The zero-order valence-corrected chi connectivity index (χ0v) is 39.5. The summed E-state index contributed by atoms with van der Waals surface area (Å²) in [7, 11) is 0.500. The molecule has 1 rings (SSSR count). The first-order valence-corrected chi connectivity index (χ1v) is 22.5. The molecule has 0 aliphatic carbocycles. The highest BCUT2D eigenvalue weighted by molar-refractivity contribution is 7.99. The van der Waals surface area contributed by atoms with E-state index in [-0.39, 0.29) is 48.8 Å². The summed E-state index contributed by atoms with van der Waals surface area (Å²) in [6.45, 7) is 14.1. The maximum Gasteiger partial charge on any atom is 0.469 e. The number of hydrogen-bond acceptors (Lipinski definition) is 17. The van der Waals surface area contributed by atoms with Crippen molar-refractivity contribution in [3.05, 3.63) is 48.2 Å². The van der Waals surface area contributed by atoms with E-state index >= 15 is 0 Å². The Balaban J connectivity index is 0.00000122. The van der Waals surface area contributed by atoms with Crippen LogP contribution in [-0.4, -0.2) is 110 Å². The molecule has 0 radical (unpaired) electrons. The minimum Gasteiger partial charge on any atom is -0.469 e. The quantitative estimate of drug-likeness (QED) is 0.0164. The van der Waals surface area contributed by atoms with Crippen LogP contribution in [0.3, 0.4) is 0 Å². The second-order valence-corrected chi connectivity index (χ2v) is 18.2. The van der Waals surface area contributed by atoms with E-state index in [1.54, 1.807) is 13.8 Å². The van der Waals surface area contributed by atoms with Crippen LogP contribution in [0, 0.1) is 28.1 Å². The second-order valence-electron chi connectivity index (χ2n) is 16.0. The van der Waals surface area contributed by atoms with E-state index in [4.69, 9.17) is 43.5 Å². The van der Waals surface area contributed by atoms with Gasteiger partial charge in [-0.1, -0.05) is 50.8 Å². The standard InChI is InChI=1S/C21H37O12P.C21H30O6S/c1-8-21(5,19(25)30-7)13-16(33-14(2)22)11-15(17(23)29-6)12-20(3,4)18(24)31-9-10-32-34(26,27)28;1-15(19(22)25-4)11-18(17-9-7-6-8-10-17)12-21(3,20(23)26-5)14-28-13-16(2)27-24/h15-16H,8-13H2,1-7H3,(H2,26,27,28);6-10,15,18,24H,2,11-14H2,1,3-5H3. The summed E-state index contributed by atoms with van der Waals surface area (Å²) >= 11 is 1.43. The number of benzene rings is 1. The molecule has 0 bridgehead atoms. The van der Waals surface area contributed by atoms with Crippen LogP contribution in [-0.2, 0) is 71.2 Å². The highest BCUT2D eigenvalue weighted by atomic mass is 32.2. The number of thioether (sulfide) groups is 1. The van der Waals surface area contributed by atoms with Gasteiger partial charge in [0.2, 0.25) is 0 Å². The van der Waals surface area contributed by atoms with Crippen molar-refractivity contribution in [3.8, 4) is 0 Å². The van der Waals surface area contributed by atoms with Gasteiger partial charge in [-0.25, -0.2) is 9.82 Å². The summed E-state index contributed by atoms with van der Waals surface area (Å²) in [5.41, 5.74) is -1.91. The predicted molar refractivity (Wildman–Crippen MR) is 228 cm³/mol. The van der Waals surface area contributed by atoms with E-state index in [1.165, 1.54) is 61.0 Å². The van der Waals surface area contributed by atoms with Crippen LogP contribution in [0.15, 0.2) is 42.7 Å². The predicted octanol–water partition coefficient (Wildman–Crippen LogP) is 6.42. The Hall–Kier alpha value is -4.00. The van der Waals surface area contributed by atoms with Crippen molar-refractivity contribution in [2.75, 3.05) is 53.2 Å². The molecule has 354 valence electrons.